The van der Waals surface area contributed by atoms with Gasteiger partial charge < -0.3 is 15.5 Å². The maximum atomic E-state index is 13.7. The number of benzene rings is 3. The van der Waals surface area contributed by atoms with Crippen LogP contribution in [0.3, 0.4) is 0 Å². The zero-order chi connectivity index (χ0) is 22.6. The van der Waals surface area contributed by atoms with Gasteiger partial charge in [0.15, 0.2) is 0 Å². The van der Waals surface area contributed by atoms with Crippen LogP contribution in [0.2, 0.25) is 0 Å². The molecular formula is C29H29NO3. The van der Waals surface area contributed by atoms with Crippen molar-refractivity contribution in [3.8, 4) is 11.5 Å². The zero-order valence-corrected chi connectivity index (χ0v) is 18.6. The van der Waals surface area contributed by atoms with Crippen molar-refractivity contribution < 1.29 is 15.0 Å². The van der Waals surface area contributed by atoms with Gasteiger partial charge in [0.25, 0.3) is 0 Å². The molecule has 4 aliphatic rings. The average Bonchev–Trinajstić information content (AvgIpc) is 3.22. The summed E-state index contributed by atoms with van der Waals surface area (Å²) in [6.45, 7) is 0. The van der Waals surface area contributed by atoms with Gasteiger partial charge in [-0.05, 0) is 96.9 Å². The molecule has 0 aromatic heterocycles. The van der Waals surface area contributed by atoms with Gasteiger partial charge in [0, 0.05) is 11.6 Å². The summed E-state index contributed by atoms with van der Waals surface area (Å²) in [5.74, 6) is 2.48. The number of phenolic OH excluding ortho intramolecular Hbond substituents is 2. The van der Waals surface area contributed by atoms with Crippen molar-refractivity contribution in [2.75, 3.05) is 5.32 Å². The van der Waals surface area contributed by atoms with Gasteiger partial charge in [-0.3, -0.25) is 4.79 Å². The molecule has 3 N–H and O–H groups in total. The standard InChI is InChI=1S/C29H29NO3/c31-23-9-5-20(6-10-23)27(21-7-11-24(32)12-8-21)25-3-1-2-4-26(25)30-28(33)29-16-18-13-19(17-29)15-22(29)14-18/h1-12,18-19,22,27,31-32H,13-17H2,(H,30,33). The third kappa shape index (κ3) is 3.40. The highest BCUT2D eigenvalue weighted by Gasteiger charge is 2.61. The minimum absolute atomic E-state index is 0.142. The lowest BCUT2D eigenvalue weighted by atomic mass is 9.74. The minimum Gasteiger partial charge on any atom is -0.508 e. The van der Waals surface area contributed by atoms with Crippen LogP contribution in [-0.2, 0) is 4.79 Å². The van der Waals surface area contributed by atoms with Crippen LogP contribution in [0.25, 0.3) is 0 Å². The van der Waals surface area contributed by atoms with Gasteiger partial charge in [0.1, 0.15) is 11.5 Å². The minimum atomic E-state index is -0.187. The summed E-state index contributed by atoms with van der Waals surface area (Å²) in [6.07, 6.45) is 5.83. The molecule has 168 valence electrons. The molecule has 4 fully saturated rings. The summed E-state index contributed by atoms with van der Waals surface area (Å²) >= 11 is 0. The molecule has 3 aromatic carbocycles. The van der Waals surface area contributed by atoms with E-state index in [0.717, 1.165) is 47.1 Å². The number of hydrogen-bond donors (Lipinski definition) is 3. The Hall–Kier alpha value is -3.27. The molecule has 33 heavy (non-hydrogen) atoms. The molecule has 0 heterocycles. The summed E-state index contributed by atoms with van der Waals surface area (Å²) in [5.41, 5.74) is 3.69. The lowest BCUT2D eigenvalue weighted by molar-refractivity contribution is -0.127. The molecule has 0 saturated heterocycles. The van der Waals surface area contributed by atoms with E-state index < -0.39 is 0 Å². The van der Waals surface area contributed by atoms with Crippen LogP contribution in [0.15, 0.2) is 72.8 Å². The van der Waals surface area contributed by atoms with Crippen molar-refractivity contribution in [1.82, 2.24) is 0 Å². The third-order valence-corrected chi connectivity index (χ3v) is 8.41. The highest BCUT2D eigenvalue weighted by atomic mass is 16.3. The van der Waals surface area contributed by atoms with Crippen molar-refractivity contribution in [3.63, 3.8) is 0 Å². The smallest absolute Gasteiger partial charge is 0.230 e. The summed E-state index contributed by atoms with van der Waals surface area (Å²) in [6, 6.07) is 22.5. The number of anilines is 1. The quantitative estimate of drug-likeness (QED) is 0.424. The van der Waals surface area contributed by atoms with Gasteiger partial charge in [-0.25, -0.2) is 0 Å². The number of phenols is 2. The van der Waals surface area contributed by atoms with E-state index in [1.165, 1.54) is 19.3 Å². The average molecular weight is 440 g/mol. The van der Waals surface area contributed by atoms with Gasteiger partial charge in [0.2, 0.25) is 5.91 Å². The second-order valence-corrected chi connectivity index (χ2v) is 10.4. The number of aromatic hydroxyl groups is 2. The molecule has 0 spiro atoms. The predicted molar refractivity (Wildman–Crippen MR) is 128 cm³/mol. The van der Waals surface area contributed by atoms with Crippen LogP contribution in [0.4, 0.5) is 5.69 Å². The molecule has 3 aromatic rings. The number of amides is 1. The molecule has 2 atom stereocenters. The van der Waals surface area contributed by atoms with Gasteiger partial charge >= 0.3 is 0 Å². The number of carbonyl (C=O) groups is 1. The normalized spacial score (nSPS) is 27.2. The highest BCUT2D eigenvalue weighted by Crippen LogP contribution is 2.65. The van der Waals surface area contributed by atoms with Crippen molar-refractivity contribution >= 4 is 11.6 Å². The predicted octanol–water partition coefficient (Wildman–Crippen LogP) is 6.04. The molecule has 4 bridgehead atoms. The maximum absolute atomic E-state index is 13.7. The molecule has 7 rings (SSSR count). The van der Waals surface area contributed by atoms with Crippen molar-refractivity contribution in [2.24, 2.45) is 23.2 Å². The topological polar surface area (TPSA) is 69.6 Å². The maximum Gasteiger partial charge on any atom is 0.230 e. The number of nitrogens with one attached hydrogen (secondary N) is 1. The second-order valence-electron chi connectivity index (χ2n) is 10.4. The van der Waals surface area contributed by atoms with Crippen LogP contribution >= 0.6 is 0 Å². The lowest BCUT2D eigenvalue weighted by Crippen LogP contribution is -2.37. The summed E-state index contributed by atoms with van der Waals surface area (Å²) < 4.78 is 0. The Morgan fingerprint density at radius 1 is 0.788 bits per heavy atom. The molecule has 2 unspecified atom stereocenters. The first-order chi connectivity index (χ1) is 16.0. The van der Waals surface area contributed by atoms with Crippen LogP contribution in [0.1, 0.15) is 54.7 Å². The Morgan fingerprint density at radius 2 is 1.33 bits per heavy atom. The van der Waals surface area contributed by atoms with Crippen LogP contribution < -0.4 is 5.32 Å². The first-order valence-corrected chi connectivity index (χ1v) is 12.0. The number of rotatable bonds is 5. The molecule has 4 heteroatoms. The second kappa shape index (κ2) is 7.65. The molecule has 4 aliphatic carbocycles. The fourth-order valence-corrected chi connectivity index (χ4v) is 7.16. The Balaban J connectivity index is 1.39. The van der Waals surface area contributed by atoms with E-state index in [9.17, 15) is 15.0 Å². The van der Waals surface area contributed by atoms with E-state index in [2.05, 4.69) is 11.4 Å². The van der Waals surface area contributed by atoms with Crippen molar-refractivity contribution in [1.29, 1.82) is 0 Å². The van der Waals surface area contributed by atoms with Crippen molar-refractivity contribution in [3.05, 3.63) is 89.5 Å². The fraction of sp³-hybridized carbons (Fsp3) is 0.345. The first-order valence-electron chi connectivity index (χ1n) is 12.0. The molecule has 4 saturated carbocycles. The Bertz CT molecular complexity index is 1120. The molecule has 0 aliphatic heterocycles. The lowest BCUT2D eigenvalue weighted by Gasteiger charge is -2.32. The Labute approximate surface area is 194 Å². The molecule has 4 nitrogen and oxygen atoms in total. The van der Waals surface area contributed by atoms with Crippen molar-refractivity contribution in [2.45, 2.75) is 38.0 Å². The summed E-state index contributed by atoms with van der Waals surface area (Å²) in [7, 11) is 0. The van der Waals surface area contributed by atoms with Gasteiger partial charge in [-0.15, -0.1) is 0 Å². The summed E-state index contributed by atoms with van der Waals surface area (Å²) in [4.78, 5) is 13.7. The van der Waals surface area contributed by atoms with E-state index in [1.54, 1.807) is 24.3 Å². The van der Waals surface area contributed by atoms with Crippen LogP contribution in [0, 0.1) is 23.2 Å². The fourth-order valence-electron chi connectivity index (χ4n) is 7.16. The largest absolute Gasteiger partial charge is 0.508 e. The summed E-state index contributed by atoms with van der Waals surface area (Å²) in [5, 5.41) is 23.0. The highest BCUT2D eigenvalue weighted by molar-refractivity contribution is 5.97. The van der Waals surface area contributed by atoms with Crippen LogP contribution in [-0.4, -0.2) is 16.1 Å². The number of hydrogen-bond acceptors (Lipinski definition) is 3. The third-order valence-electron chi connectivity index (χ3n) is 8.41. The van der Waals surface area contributed by atoms with E-state index >= 15 is 0 Å². The monoisotopic (exact) mass is 439 g/mol. The van der Waals surface area contributed by atoms with E-state index in [-0.39, 0.29) is 28.7 Å². The first kappa shape index (κ1) is 20.3. The zero-order valence-electron chi connectivity index (χ0n) is 18.6. The molecular weight excluding hydrogens is 410 g/mol. The Kier molecular flexibility index (Phi) is 4.72. The van der Waals surface area contributed by atoms with Gasteiger partial charge in [-0.2, -0.15) is 0 Å². The van der Waals surface area contributed by atoms with Crippen LogP contribution in [0.5, 0.6) is 11.5 Å². The van der Waals surface area contributed by atoms with E-state index in [0.29, 0.717) is 5.92 Å². The number of para-hydroxylation sites is 1. The van der Waals surface area contributed by atoms with Gasteiger partial charge in [-0.1, -0.05) is 42.5 Å². The SMILES string of the molecule is O=C(Nc1ccccc1C(c1ccc(O)cc1)c1ccc(O)cc1)C12CC3CC(CC1C3)C2. The molecule has 0 radical (unpaired) electrons. The van der Waals surface area contributed by atoms with E-state index in [4.69, 9.17) is 0 Å². The Morgan fingerprint density at radius 3 is 1.91 bits per heavy atom. The van der Waals surface area contributed by atoms with Gasteiger partial charge in [0.05, 0.1) is 5.41 Å². The number of carbonyl (C=O) groups excluding carboxylic acids is 1. The molecule has 1 amide bonds. The van der Waals surface area contributed by atoms with E-state index in [1.807, 2.05) is 42.5 Å².